The number of rotatable bonds is 8. The lowest BCUT2D eigenvalue weighted by molar-refractivity contribution is -0.114. The van der Waals surface area contributed by atoms with Crippen LogP contribution in [0.1, 0.15) is 25.0 Å². The lowest BCUT2D eigenvalue weighted by Gasteiger charge is -2.26. The van der Waals surface area contributed by atoms with E-state index in [2.05, 4.69) is 5.32 Å². The number of benzene rings is 3. The second-order valence-corrected chi connectivity index (χ2v) is 9.72. The van der Waals surface area contributed by atoms with Crippen LogP contribution in [0.2, 0.25) is 0 Å². The summed E-state index contributed by atoms with van der Waals surface area (Å²) in [6, 6.07) is 20.7. The molecule has 32 heavy (non-hydrogen) atoms. The van der Waals surface area contributed by atoms with Crippen LogP contribution in [-0.2, 0) is 14.8 Å². The summed E-state index contributed by atoms with van der Waals surface area (Å²) in [5, 5.41) is 2.79. The number of hydrogen-bond donors (Lipinski definition) is 1. The minimum atomic E-state index is -3.96. The Kier molecular flexibility index (Phi) is 7.20. The van der Waals surface area contributed by atoms with Crippen molar-refractivity contribution in [3.8, 4) is 5.75 Å². The Labute approximate surface area is 189 Å². The number of sulfonamides is 1. The Morgan fingerprint density at radius 1 is 0.969 bits per heavy atom. The number of nitrogens with zero attached hydrogens (tertiary/aromatic N) is 1. The van der Waals surface area contributed by atoms with E-state index in [-0.39, 0.29) is 17.5 Å². The molecule has 3 aromatic carbocycles. The van der Waals surface area contributed by atoms with Crippen LogP contribution in [0.15, 0.2) is 77.7 Å². The van der Waals surface area contributed by atoms with E-state index in [0.717, 1.165) is 15.4 Å². The fourth-order valence-corrected chi connectivity index (χ4v) is 4.76. The van der Waals surface area contributed by atoms with Gasteiger partial charge in [-0.05, 0) is 69.2 Å². The van der Waals surface area contributed by atoms with Crippen molar-refractivity contribution in [1.82, 2.24) is 0 Å². The van der Waals surface area contributed by atoms with Crippen LogP contribution in [0.5, 0.6) is 5.75 Å². The first-order valence-corrected chi connectivity index (χ1v) is 11.8. The normalized spacial score (nSPS) is 11.3. The molecular weight excluding hydrogens is 424 g/mol. The smallest absolute Gasteiger partial charge is 0.264 e. The Balaban J connectivity index is 1.93. The van der Waals surface area contributed by atoms with E-state index in [9.17, 15) is 13.2 Å². The third kappa shape index (κ3) is 5.68. The number of nitrogens with one attached hydrogen (secondary N) is 1. The minimum absolute atomic E-state index is 0.00301. The van der Waals surface area contributed by atoms with E-state index >= 15 is 0 Å². The van der Waals surface area contributed by atoms with Crippen molar-refractivity contribution in [1.29, 1.82) is 0 Å². The van der Waals surface area contributed by atoms with Gasteiger partial charge in [0.05, 0.1) is 16.7 Å². The molecule has 0 atom stereocenters. The molecule has 0 unspecified atom stereocenters. The van der Waals surface area contributed by atoms with Gasteiger partial charge >= 0.3 is 0 Å². The van der Waals surface area contributed by atoms with E-state index in [0.29, 0.717) is 17.1 Å². The third-order valence-corrected chi connectivity index (χ3v) is 6.52. The number of aryl methyl sites for hydroxylation is 2. The zero-order chi connectivity index (χ0) is 23.3. The van der Waals surface area contributed by atoms with Gasteiger partial charge in [-0.25, -0.2) is 8.42 Å². The molecule has 0 spiro atoms. The summed E-state index contributed by atoms with van der Waals surface area (Å²) >= 11 is 0. The summed E-state index contributed by atoms with van der Waals surface area (Å²) in [6.45, 7) is 7.18. The van der Waals surface area contributed by atoms with E-state index in [1.165, 1.54) is 12.1 Å². The van der Waals surface area contributed by atoms with Gasteiger partial charge in [0.1, 0.15) is 12.3 Å². The molecule has 1 amide bonds. The highest BCUT2D eigenvalue weighted by Gasteiger charge is 2.28. The molecule has 0 fully saturated rings. The largest absolute Gasteiger partial charge is 0.491 e. The van der Waals surface area contributed by atoms with Crippen LogP contribution in [0, 0.1) is 13.8 Å². The minimum Gasteiger partial charge on any atom is -0.491 e. The summed E-state index contributed by atoms with van der Waals surface area (Å²) in [5.41, 5.74) is 2.67. The Hall–Kier alpha value is -3.32. The molecular formula is C25H28N2O4S. The topological polar surface area (TPSA) is 75.7 Å². The zero-order valence-electron chi connectivity index (χ0n) is 18.7. The average Bonchev–Trinajstić information content (AvgIpc) is 2.74. The quantitative estimate of drug-likeness (QED) is 0.526. The molecule has 0 aliphatic carbocycles. The molecule has 0 aromatic heterocycles. The monoisotopic (exact) mass is 452 g/mol. The van der Waals surface area contributed by atoms with Crippen molar-refractivity contribution in [2.24, 2.45) is 0 Å². The highest BCUT2D eigenvalue weighted by Crippen LogP contribution is 2.28. The van der Waals surface area contributed by atoms with Gasteiger partial charge < -0.3 is 10.1 Å². The van der Waals surface area contributed by atoms with Crippen molar-refractivity contribution >= 4 is 27.3 Å². The average molecular weight is 453 g/mol. The number of carbonyl (C=O) groups is 1. The Morgan fingerprint density at radius 3 is 2.38 bits per heavy atom. The fourth-order valence-electron chi connectivity index (χ4n) is 3.26. The second-order valence-electron chi connectivity index (χ2n) is 7.86. The fraction of sp³-hybridized carbons (Fsp3) is 0.240. The Morgan fingerprint density at radius 2 is 1.69 bits per heavy atom. The third-order valence-electron chi connectivity index (χ3n) is 4.74. The SMILES string of the molecule is Cc1ccc(C)c(N(CC(=O)Nc2cccc(OC(C)C)c2)S(=O)(=O)c2ccccc2)c1. The van der Waals surface area contributed by atoms with Crippen LogP contribution < -0.4 is 14.4 Å². The van der Waals surface area contributed by atoms with Crippen molar-refractivity contribution < 1.29 is 17.9 Å². The van der Waals surface area contributed by atoms with Crippen LogP contribution in [-0.4, -0.2) is 27.0 Å². The van der Waals surface area contributed by atoms with Crippen molar-refractivity contribution in [3.63, 3.8) is 0 Å². The molecule has 0 heterocycles. The number of ether oxygens (including phenoxy) is 1. The van der Waals surface area contributed by atoms with E-state index in [4.69, 9.17) is 4.74 Å². The summed E-state index contributed by atoms with van der Waals surface area (Å²) in [4.78, 5) is 13.1. The van der Waals surface area contributed by atoms with Crippen LogP contribution in [0.3, 0.4) is 0 Å². The summed E-state index contributed by atoms with van der Waals surface area (Å²) in [6.07, 6.45) is -0.00301. The van der Waals surface area contributed by atoms with Gasteiger partial charge in [-0.2, -0.15) is 0 Å². The van der Waals surface area contributed by atoms with Crippen molar-refractivity contribution in [2.45, 2.75) is 38.7 Å². The first-order valence-electron chi connectivity index (χ1n) is 10.4. The maximum Gasteiger partial charge on any atom is 0.264 e. The van der Waals surface area contributed by atoms with Gasteiger partial charge in [-0.3, -0.25) is 9.10 Å². The highest BCUT2D eigenvalue weighted by molar-refractivity contribution is 7.92. The van der Waals surface area contributed by atoms with Crippen molar-refractivity contribution in [2.75, 3.05) is 16.2 Å². The van der Waals surface area contributed by atoms with E-state index < -0.39 is 15.9 Å². The molecule has 0 bridgehead atoms. The van der Waals surface area contributed by atoms with Crippen molar-refractivity contribution in [3.05, 3.63) is 83.9 Å². The molecule has 1 N–H and O–H groups in total. The number of anilines is 2. The van der Waals surface area contributed by atoms with Gasteiger partial charge in [0.25, 0.3) is 10.0 Å². The standard InChI is InChI=1S/C25H28N2O4S/c1-18(2)31-22-10-8-9-21(16-22)26-25(28)17-27(24-15-19(3)13-14-20(24)4)32(29,30)23-11-6-5-7-12-23/h5-16,18H,17H2,1-4H3,(H,26,28). The molecule has 6 nitrogen and oxygen atoms in total. The van der Waals surface area contributed by atoms with E-state index in [1.807, 2.05) is 39.8 Å². The molecule has 3 rings (SSSR count). The first-order chi connectivity index (χ1) is 15.2. The molecule has 0 saturated heterocycles. The highest BCUT2D eigenvalue weighted by atomic mass is 32.2. The summed E-state index contributed by atoms with van der Waals surface area (Å²) < 4.78 is 33.8. The molecule has 3 aromatic rings. The van der Waals surface area contributed by atoms with Crippen LogP contribution in [0.25, 0.3) is 0 Å². The molecule has 0 aliphatic rings. The zero-order valence-corrected chi connectivity index (χ0v) is 19.5. The molecule has 0 radical (unpaired) electrons. The first kappa shape index (κ1) is 23.3. The molecule has 0 aliphatic heterocycles. The summed E-state index contributed by atoms with van der Waals surface area (Å²) in [7, 11) is -3.96. The predicted octanol–water partition coefficient (Wildman–Crippen LogP) is 4.92. The van der Waals surface area contributed by atoms with Crippen LogP contribution in [0.4, 0.5) is 11.4 Å². The number of carbonyl (C=O) groups excluding carboxylic acids is 1. The predicted molar refractivity (Wildman–Crippen MR) is 128 cm³/mol. The summed E-state index contributed by atoms with van der Waals surface area (Å²) in [5.74, 6) is 0.174. The lowest BCUT2D eigenvalue weighted by atomic mass is 10.1. The molecule has 168 valence electrons. The van der Waals surface area contributed by atoms with Crippen LogP contribution >= 0.6 is 0 Å². The van der Waals surface area contributed by atoms with Gasteiger partial charge in [-0.15, -0.1) is 0 Å². The lowest BCUT2D eigenvalue weighted by Crippen LogP contribution is -2.38. The van der Waals surface area contributed by atoms with Gasteiger partial charge in [0, 0.05) is 11.8 Å². The number of hydrogen-bond acceptors (Lipinski definition) is 4. The van der Waals surface area contributed by atoms with Gasteiger partial charge in [0.2, 0.25) is 5.91 Å². The maximum atomic E-state index is 13.5. The second kappa shape index (κ2) is 9.87. The van der Waals surface area contributed by atoms with Gasteiger partial charge in [0.15, 0.2) is 0 Å². The van der Waals surface area contributed by atoms with Gasteiger partial charge in [-0.1, -0.05) is 36.4 Å². The molecule has 7 heteroatoms. The van der Waals surface area contributed by atoms with E-state index in [1.54, 1.807) is 48.5 Å². The Bertz CT molecular complexity index is 1190. The maximum absolute atomic E-state index is 13.5. The molecule has 0 saturated carbocycles. The number of amides is 1.